The first kappa shape index (κ1) is 14.6. The fraction of sp³-hybridized carbons (Fsp3) is 0.250. The van der Waals surface area contributed by atoms with Crippen LogP contribution in [0.4, 0.5) is 0 Å². The van der Waals surface area contributed by atoms with Crippen molar-refractivity contribution in [3.05, 3.63) is 42.2 Å². The van der Waals surface area contributed by atoms with E-state index >= 15 is 0 Å². The second-order valence-electron chi connectivity index (χ2n) is 5.16. The van der Waals surface area contributed by atoms with Crippen molar-refractivity contribution in [2.24, 2.45) is 0 Å². The second-order valence-corrected chi connectivity index (χ2v) is 7.22. The van der Waals surface area contributed by atoms with Crippen LogP contribution in [0.25, 0.3) is 26.6 Å². The molecule has 23 heavy (non-hydrogen) atoms. The average molecular weight is 341 g/mol. The van der Waals surface area contributed by atoms with Gasteiger partial charge in [-0.1, -0.05) is 42.5 Å². The van der Waals surface area contributed by atoms with Crippen molar-refractivity contribution in [1.82, 2.24) is 24.8 Å². The fourth-order valence-electron chi connectivity index (χ4n) is 2.34. The lowest BCUT2D eigenvalue weighted by atomic mass is 10.2. The third-order valence-electron chi connectivity index (χ3n) is 3.45. The first-order valence-electron chi connectivity index (χ1n) is 7.50. The zero-order valence-corrected chi connectivity index (χ0v) is 14.3. The number of fused-ring (bicyclic) bond motifs is 2. The summed E-state index contributed by atoms with van der Waals surface area (Å²) in [7, 11) is 0. The third kappa shape index (κ3) is 2.82. The van der Waals surface area contributed by atoms with E-state index < -0.39 is 0 Å². The lowest BCUT2D eigenvalue weighted by Gasteiger charge is -1.99. The second kappa shape index (κ2) is 6.25. The molecule has 0 atom stereocenters. The molecule has 3 heterocycles. The zero-order chi connectivity index (χ0) is 15.6. The summed E-state index contributed by atoms with van der Waals surface area (Å²) in [5.74, 6) is 2.86. The van der Waals surface area contributed by atoms with Gasteiger partial charge in [-0.25, -0.2) is 4.98 Å². The van der Waals surface area contributed by atoms with Crippen molar-refractivity contribution in [3.63, 3.8) is 0 Å². The van der Waals surface area contributed by atoms with E-state index in [2.05, 4.69) is 34.4 Å². The maximum atomic E-state index is 4.71. The number of thioether (sulfide) groups is 1. The maximum Gasteiger partial charge on any atom is 0.235 e. The van der Waals surface area contributed by atoms with E-state index in [1.165, 1.54) is 11.3 Å². The monoisotopic (exact) mass is 341 g/mol. The molecule has 0 N–H and O–H groups in total. The summed E-state index contributed by atoms with van der Waals surface area (Å²) in [6.07, 6.45) is 1.16. The van der Waals surface area contributed by atoms with Crippen LogP contribution >= 0.6 is 23.1 Å². The number of aromatic nitrogens is 5. The Morgan fingerprint density at radius 3 is 2.96 bits per heavy atom. The smallest absolute Gasteiger partial charge is 0.235 e. The van der Waals surface area contributed by atoms with Gasteiger partial charge in [-0.3, -0.25) is 0 Å². The number of nitrogens with zero attached hydrogens (tertiary/aromatic N) is 5. The van der Waals surface area contributed by atoms with Gasteiger partial charge in [0.15, 0.2) is 10.8 Å². The van der Waals surface area contributed by atoms with Crippen LogP contribution in [-0.4, -0.2) is 30.5 Å². The van der Waals surface area contributed by atoms with Gasteiger partial charge in [0.25, 0.3) is 0 Å². The minimum atomic E-state index is 0.821. The molecule has 0 spiro atoms. The molecular weight excluding hydrogens is 326 g/mol. The van der Waals surface area contributed by atoms with E-state index in [1.54, 1.807) is 0 Å². The Morgan fingerprint density at radius 1 is 1.13 bits per heavy atom. The first-order valence-corrected chi connectivity index (χ1v) is 9.47. The Kier molecular flexibility index (Phi) is 3.97. The highest BCUT2D eigenvalue weighted by Gasteiger charge is 2.14. The maximum absolute atomic E-state index is 4.71. The minimum absolute atomic E-state index is 0.821. The normalized spacial score (nSPS) is 11.5. The fourth-order valence-corrected chi connectivity index (χ4v) is 3.97. The van der Waals surface area contributed by atoms with Gasteiger partial charge in [0.05, 0.1) is 11.3 Å². The van der Waals surface area contributed by atoms with Crippen molar-refractivity contribution in [3.8, 4) is 10.7 Å². The summed E-state index contributed by atoms with van der Waals surface area (Å²) in [5.41, 5.74) is 1.86. The highest BCUT2D eigenvalue weighted by Crippen LogP contribution is 2.26. The van der Waals surface area contributed by atoms with Gasteiger partial charge in [-0.05, 0) is 24.3 Å². The zero-order valence-electron chi connectivity index (χ0n) is 12.6. The van der Waals surface area contributed by atoms with Crippen LogP contribution in [0.5, 0.6) is 0 Å². The first-order chi connectivity index (χ1) is 11.3. The van der Waals surface area contributed by atoms with E-state index in [0.717, 1.165) is 50.3 Å². The van der Waals surface area contributed by atoms with Gasteiger partial charge < -0.3 is 0 Å². The summed E-state index contributed by atoms with van der Waals surface area (Å²) in [6.45, 7) is 2.18. The Labute approximate surface area is 141 Å². The van der Waals surface area contributed by atoms with Crippen molar-refractivity contribution in [1.29, 1.82) is 0 Å². The molecule has 116 valence electrons. The standard InChI is InChI=1S/C16H15N5S2/c1-2-9-22-10-14-18-19-16-21(14)20-15(23-16)13-8-7-11-5-3-4-6-12(11)17-13/h3-8H,2,9-10H2,1H3. The molecule has 0 amide bonds. The highest BCUT2D eigenvalue weighted by molar-refractivity contribution is 7.98. The number of hydrogen-bond acceptors (Lipinski definition) is 6. The number of para-hydroxylation sites is 1. The molecule has 0 fully saturated rings. The molecular formula is C16H15N5S2. The van der Waals surface area contributed by atoms with Crippen LogP contribution in [-0.2, 0) is 5.75 Å². The van der Waals surface area contributed by atoms with Crippen molar-refractivity contribution >= 4 is 39.0 Å². The van der Waals surface area contributed by atoms with Crippen molar-refractivity contribution in [2.75, 3.05) is 5.75 Å². The molecule has 4 rings (SSSR count). The SMILES string of the molecule is CCCSCc1nnc2sc(-c3ccc4ccccc4n3)nn12. The van der Waals surface area contributed by atoms with Crippen LogP contribution in [0.3, 0.4) is 0 Å². The Hall–Kier alpha value is -1.99. The predicted octanol–water partition coefficient (Wildman–Crippen LogP) is 4.04. The molecule has 3 aromatic heterocycles. The summed E-state index contributed by atoms with van der Waals surface area (Å²) in [5, 5.41) is 15.1. The molecule has 0 aliphatic carbocycles. The third-order valence-corrected chi connectivity index (χ3v) is 5.53. The van der Waals surface area contributed by atoms with Crippen molar-refractivity contribution in [2.45, 2.75) is 19.1 Å². The van der Waals surface area contributed by atoms with Crippen LogP contribution in [0.2, 0.25) is 0 Å². The number of rotatable bonds is 5. The van der Waals surface area contributed by atoms with E-state index in [4.69, 9.17) is 4.98 Å². The summed E-state index contributed by atoms with van der Waals surface area (Å²) in [4.78, 5) is 5.53. The predicted molar refractivity (Wildman–Crippen MR) is 95.8 cm³/mol. The largest absolute Gasteiger partial charge is 0.245 e. The lowest BCUT2D eigenvalue weighted by Crippen LogP contribution is -1.95. The van der Waals surface area contributed by atoms with Crippen molar-refractivity contribution < 1.29 is 0 Å². The number of pyridine rings is 1. The molecule has 0 aliphatic rings. The van der Waals surface area contributed by atoms with Crippen LogP contribution in [0.1, 0.15) is 19.2 Å². The quantitative estimate of drug-likeness (QED) is 0.513. The Morgan fingerprint density at radius 2 is 2.04 bits per heavy atom. The van der Waals surface area contributed by atoms with E-state index in [0.29, 0.717) is 0 Å². The number of hydrogen-bond donors (Lipinski definition) is 0. The van der Waals surface area contributed by atoms with Gasteiger partial charge in [0.2, 0.25) is 4.96 Å². The molecule has 7 heteroatoms. The van der Waals surface area contributed by atoms with Gasteiger partial charge in [-0.2, -0.15) is 21.4 Å². The van der Waals surface area contributed by atoms with Gasteiger partial charge in [0.1, 0.15) is 5.69 Å². The lowest BCUT2D eigenvalue weighted by molar-refractivity contribution is 0.885. The highest BCUT2D eigenvalue weighted by atomic mass is 32.2. The molecule has 0 saturated carbocycles. The van der Waals surface area contributed by atoms with Gasteiger partial charge >= 0.3 is 0 Å². The minimum Gasteiger partial charge on any atom is -0.245 e. The molecule has 5 nitrogen and oxygen atoms in total. The molecule has 0 bridgehead atoms. The van der Waals surface area contributed by atoms with E-state index in [-0.39, 0.29) is 0 Å². The molecule has 0 unspecified atom stereocenters. The van der Waals surface area contributed by atoms with E-state index in [9.17, 15) is 0 Å². The summed E-state index contributed by atoms with van der Waals surface area (Å²) in [6, 6.07) is 12.2. The Bertz CT molecular complexity index is 959. The average Bonchev–Trinajstić information content (AvgIpc) is 3.16. The molecule has 0 aliphatic heterocycles. The van der Waals surface area contributed by atoms with E-state index in [1.807, 2.05) is 40.5 Å². The van der Waals surface area contributed by atoms with Crippen LogP contribution in [0, 0.1) is 0 Å². The molecule has 1 aromatic carbocycles. The molecule has 0 radical (unpaired) electrons. The topological polar surface area (TPSA) is 56.0 Å². The molecule has 4 aromatic rings. The summed E-state index contributed by atoms with van der Waals surface area (Å²) < 4.78 is 1.85. The van der Waals surface area contributed by atoms with Crippen LogP contribution < -0.4 is 0 Å². The van der Waals surface area contributed by atoms with Gasteiger partial charge in [-0.15, -0.1) is 10.2 Å². The summed E-state index contributed by atoms with van der Waals surface area (Å²) >= 11 is 3.38. The Balaban J connectivity index is 1.70. The van der Waals surface area contributed by atoms with Crippen LogP contribution in [0.15, 0.2) is 36.4 Å². The molecule has 0 saturated heterocycles. The number of benzene rings is 1. The van der Waals surface area contributed by atoms with Gasteiger partial charge in [0, 0.05) is 5.39 Å².